The van der Waals surface area contributed by atoms with Gasteiger partial charge in [-0.1, -0.05) is 11.6 Å². The van der Waals surface area contributed by atoms with E-state index in [1.807, 2.05) is 13.0 Å². The van der Waals surface area contributed by atoms with E-state index in [1.165, 1.54) is 0 Å². The molecule has 0 radical (unpaired) electrons. The molecule has 0 aliphatic rings. The van der Waals surface area contributed by atoms with Crippen molar-refractivity contribution in [2.45, 2.75) is 13.5 Å². The molecular weight excluding hydrogens is 240 g/mol. The maximum atomic E-state index is 5.76. The van der Waals surface area contributed by atoms with Crippen molar-refractivity contribution in [1.82, 2.24) is 19.9 Å². The lowest BCUT2D eigenvalue weighted by molar-refractivity contribution is 0.948. The predicted octanol–water partition coefficient (Wildman–Crippen LogP) is 1.42. The van der Waals surface area contributed by atoms with Gasteiger partial charge in [0.2, 0.25) is 5.95 Å². The van der Waals surface area contributed by atoms with E-state index in [9.17, 15) is 0 Å². The van der Waals surface area contributed by atoms with Crippen LogP contribution in [0.15, 0.2) is 18.3 Å². The van der Waals surface area contributed by atoms with Gasteiger partial charge in [0.15, 0.2) is 0 Å². The van der Waals surface area contributed by atoms with E-state index in [0.717, 1.165) is 11.5 Å². The molecule has 2 aromatic rings. The van der Waals surface area contributed by atoms with Crippen LogP contribution >= 0.6 is 11.6 Å². The van der Waals surface area contributed by atoms with E-state index in [0.29, 0.717) is 17.5 Å². The lowest BCUT2D eigenvalue weighted by atomic mass is 10.4. The number of nitrogen functional groups attached to an aromatic ring is 1. The fourth-order valence-corrected chi connectivity index (χ4v) is 1.50. The minimum atomic E-state index is 0.138. The van der Waals surface area contributed by atoms with Crippen LogP contribution in [-0.2, 0) is 6.54 Å². The Labute approximate surface area is 103 Å². The first-order valence-electron chi connectivity index (χ1n) is 4.96. The number of aryl methyl sites for hydroxylation is 1. The van der Waals surface area contributed by atoms with Crippen molar-refractivity contribution < 1.29 is 0 Å². The Morgan fingerprint density at radius 3 is 2.88 bits per heavy atom. The van der Waals surface area contributed by atoms with Gasteiger partial charge in [-0.2, -0.15) is 4.98 Å². The molecule has 0 fully saturated rings. The average Bonchev–Trinajstić information content (AvgIpc) is 2.25. The Kier molecular flexibility index (Phi) is 3.34. The van der Waals surface area contributed by atoms with Gasteiger partial charge in [0.1, 0.15) is 16.8 Å². The first-order valence-corrected chi connectivity index (χ1v) is 5.34. The second-order valence-electron chi connectivity index (χ2n) is 3.38. The zero-order chi connectivity index (χ0) is 12.3. The number of hydrogen-bond acceptors (Lipinski definition) is 6. The third-order valence-corrected chi connectivity index (χ3v) is 2.19. The Balaban J connectivity index is 2.07. The van der Waals surface area contributed by atoms with E-state index >= 15 is 0 Å². The number of anilines is 2. The molecule has 88 valence electrons. The Morgan fingerprint density at radius 1 is 1.35 bits per heavy atom. The highest BCUT2D eigenvalue weighted by Gasteiger charge is 2.01. The summed E-state index contributed by atoms with van der Waals surface area (Å²) in [5.74, 6) is 1.43. The summed E-state index contributed by atoms with van der Waals surface area (Å²) in [7, 11) is 0. The molecule has 2 aromatic heterocycles. The van der Waals surface area contributed by atoms with Crippen molar-refractivity contribution in [3.8, 4) is 0 Å². The first-order chi connectivity index (χ1) is 8.13. The molecule has 6 nitrogen and oxygen atoms in total. The lowest BCUT2D eigenvalue weighted by Gasteiger charge is -2.06. The van der Waals surface area contributed by atoms with Gasteiger partial charge in [-0.3, -0.25) is 0 Å². The van der Waals surface area contributed by atoms with Crippen molar-refractivity contribution >= 4 is 23.4 Å². The summed E-state index contributed by atoms with van der Waals surface area (Å²) in [4.78, 5) is 16.0. The second-order valence-corrected chi connectivity index (χ2v) is 3.77. The molecule has 0 saturated heterocycles. The van der Waals surface area contributed by atoms with Crippen LogP contribution in [0.4, 0.5) is 11.8 Å². The van der Waals surface area contributed by atoms with Crippen molar-refractivity contribution in [1.29, 1.82) is 0 Å². The molecule has 3 N–H and O–H groups in total. The fraction of sp³-hybridized carbons (Fsp3) is 0.200. The number of hydrogen-bond donors (Lipinski definition) is 2. The number of nitrogens with two attached hydrogens (primary N) is 1. The lowest BCUT2D eigenvalue weighted by Crippen LogP contribution is -2.06. The van der Waals surface area contributed by atoms with E-state index in [4.69, 9.17) is 17.3 Å². The summed E-state index contributed by atoms with van der Waals surface area (Å²) < 4.78 is 0. The minimum absolute atomic E-state index is 0.138. The third-order valence-electron chi connectivity index (χ3n) is 2.00. The molecule has 2 heterocycles. The predicted molar refractivity (Wildman–Crippen MR) is 65.6 cm³/mol. The highest BCUT2D eigenvalue weighted by atomic mass is 35.5. The van der Waals surface area contributed by atoms with Crippen LogP contribution < -0.4 is 11.1 Å². The molecule has 0 aromatic carbocycles. The van der Waals surface area contributed by atoms with Crippen LogP contribution in [0.5, 0.6) is 0 Å². The summed E-state index contributed by atoms with van der Waals surface area (Å²) in [6, 6.07) is 3.43. The van der Waals surface area contributed by atoms with E-state index < -0.39 is 0 Å². The van der Waals surface area contributed by atoms with Crippen LogP contribution in [-0.4, -0.2) is 19.9 Å². The molecule has 0 amide bonds. The summed E-state index contributed by atoms with van der Waals surface area (Å²) in [5, 5.41) is 3.37. The summed E-state index contributed by atoms with van der Waals surface area (Å²) in [5.41, 5.74) is 6.35. The molecule has 0 bridgehead atoms. The van der Waals surface area contributed by atoms with Crippen LogP contribution in [0.3, 0.4) is 0 Å². The molecule has 0 unspecified atom stereocenters. The van der Waals surface area contributed by atoms with Crippen LogP contribution in [0, 0.1) is 6.92 Å². The van der Waals surface area contributed by atoms with Gasteiger partial charge in [-0.15, -0.1) is 0 Å². The van der Waals surface area contributed by atoms with Gasteiger partial charge in [0, 0.05) is 12.3 Å². The molecule has 0 aliphatic carbocycles. The number of nitrogens with zero attached hydrogens (tertiary/aromatic N) is 4. The van der Waals surface area contributed by atoms with Crippen LogP contribution in [0.2, 0.25) is 5.15 Å². The summed E-state index contributed by atoms with van der Waals surface area (Å²) in [6.45, 7) is 2.36. The van der Waals surface area contributed by atoms with E-state index in [2.05, 4.69) is 25.3 Å². The standard InChI is InChI=1S/C10H11ClN6/c1-6-13-3-2-7(15-6)5-14-9-4-8(11)16-10(12)17-9/h2-4H,5H2,1H3,(H3,12,14,16,17). The number of nitrogens with one attached hydrogen (secondary N) is 1. The normalized spacial score (nSPS) is 10.2. The molecule has 2 rings (SSSR count). The zero-order valence-electron chi connectivity index (χ0n) is 9.18. The van der Waals surface area contributed by atoms with Gasteiger partial charge < -0.3 is 11.1 Å². The Bertz CT molecular complexity index is 510. The minimum Gasteiger partial charge on any atom is -0.368 e. The molecule has 17 heavy (non-hydrogen) atoms. The average molecular weight is 251 g/mol. The molecular formula is C10H11ClN6. The second kappa shape index (κ2) is 4.92. The topological polar surface area (TPSA) is 89.6 Å². The number of aromatic nitrogens is 4. The summed E-state index contributed by atoms with van der Waals surface area (Å²) in [6.07, 6.45) is 1.71. The number of halogens is 1. The highest BCUT2D eigenvalue weighted by Crippen LogP contribution is 2.12. The fourth-order valence-electron chi connectivity index (χ4n) is 1.31. The van der Waals surface area contributed by atoms with Gasteiger partial charge in [-0.25, -0.2) is 15.0 Å². The number of rotatable bonds is 3. The van der Waals surface area contributed by atoms with Crippen molar-refractivity contribution in [3.05, 3.63) is 35.0 Å². The maximum absolute atomic E-state index is 5.76. The molecule has 7 heteroatoms. The third kappa shape index (κ3) is 3.25. The Hall–Kier alpha value is -1.95. The highest BCUT2D eigenvalue weighted by molar-refractivity contribution is 6.29. The monoisotopic (exact) mass is 250 g/mol. The van der Waals surface area contributed by atoms with E-state index in [1.54, 1.807) is 12.3 Å². The maximum Gasteiger partial charge on any atom is 0.223 e. The zero-order valence-corrected chi connectivity index (χ0v) is 9.94. The van der Waals surface area contributed by atoms with Gasteiger partial charge >= 0.3 is 0 Å². The molecule has 0 saturated carbocycles. The largest absolute Gasteiger partial charge is 0.368 e. The first kappa shape index (κ1) is 11.5. The summed E-state index contributed by atoms with van der Waals surface area (Å²) >= 11 is 5.76. The van der Waals surface area contributed by atoms with Crippen molar-refractivity contribution in [2.24, 2.45) is 0 Å². The Morgan fingerprint density at radius 2 is 2.18 bits per heavy atom. The van der Waals surface area contributed by atoms with Crippen LogP contribution in [0.25, 0.3) is 0 Å². The van der Waals surface area contributed by atoms with Crippen LogP contribution in [0.1, 0.15) is 11.5 Å². The quantitative estimate of drug-likeness (QED) is 0.801. The van der Waals surface area contributed by atoms with Gasteiger partial charge in [0.25, 0.3) is 0 Å². The molecule has 0 atom stereocenters. The molecule has 0 aliphatic heterocycles. The molecule has 0 spiro atoms. The van der Waals surface area contributed by atoms with Gasteiger partial charge in [0.05, 0.1) is 12.2 Å². The van der Waals surface area contributed by atoms with E-state index in [-0.39, 0.29) is 5.95 Å². The van der Waals surface area contributed by atoms with Crippen molar-refractivity contribution in [2.75, 3.05) is 11.1 Å². The van der Waals surface area contributed by atoms with Crippen molar-refractivity contribution in [3.63, 3.8) is 0 Å². The smallest absolute Gasteiger partial charge is 0.223 e. The SMILES string of the molecule is Cc1nccc(CNc2cc(Cl)nc(N)n2)n1. The van der Waals surface area contributed by atoms with Gasteiger partial charge in [-0.05, 0) is 13.0 Å².